The number of benzene rings is 3. The summed E-state index contributed by atoms with van der Waals surface area (Å²) in [5.74, 6) is -0.110. The zero-order chi connectivity index (χ0) is 23.0. The van der Waals surface area contributed by atoms with E-state index in [1.165, 1.54) is 19.2 Å². The Hall–Kier alpha value is -4.19. The Balaban J connectivity index is 1.52. The summed E-state index contributed by atoms with van der Waals surface area (Å²) in [6.07, 6.45) is 3.79. The largest absolute Gasteiger partial charge is 0.489 e. The summed E-state index contributed by atoms with van der Waals surface area (Å²) in [7, 11) is 1.36. The Bertz CT molecular complexity index is 1270. The zero-order valence-corrected chi connectivity index (χ0v) is 18.1. The van der Waals surface area contributed by atoms with Gasteiger partial charge < -0.3 is 14.8 Å². The van der Waals surface area contributed by atoms with E-state index in [9.17, 15) is 9.18 Å². The predicted molar refractivity (Wildman–Crippen MR) is 128 cm³/mol. The number of aromatic nitrogens is 1. The van der Waals surface area contributed by atoms with Gasteiger partial charge in [-0.05, 0) is 59.7 Å². The molecule has 0 aliphatic carbocycles. The van der Waals surface area contributed by atoms with E-state index in [4.69, 9.17) is 9.47 Å². The van der Waals surface area contributed by atoms with Gasteiger partial charge in [-0.2, -0.15) is 0 Å². The molecule has 166 valence electrons. The molecule has 0 saturated carbocycles. The van der Waals surface area contributed by atoms with Crippen molar-refractivity contribution in [2.75, 3.05) is 25.6 Å². The third-order valence-electron chi connectivity index (χ3n) is 5.05. The van der Waals surface area contributed by atoms with Crippen molar-refractivity contribution < 1.29 is 18.7 Å². The average Bonchev–Trinajstić information content (AvgIpc) is 2.86. The molecule has 1 heterocycles. The first-order valence-corrected chi connectivity index (χ1v) is 10.5. The lowest BCUT2D eigenvalue weighted by Crippen LogP contribution is -2.12. The molecule has 1 aromatic heterocycles. The lowest BCUT2D eigenvalue weighted by atomic mass is 10.1. The molecule has 0 aliphatic heterocycles. The normalized spacial score (nSPS) is 11.3. The Morgan fingerprint density at radius 2 is 1.79 bits per heavy atom. The molecule has 4 rings (SSSR count). The van der Waals surface area contributed by atoms with E-state index in [1.54, 1.807) is 30.5 Å². The molecule has 0 atom stereocenters. The molecule has 5 nitrogen and oxygen atoms in total. The van der Waals surface area contributed by atoms with Gasteiger partial charge in [-0.25, -0.2) is 9.18 Å². The molecule has 0 unspecified atom stereocenters. The number of hydrogen-bond donors (Lipinski definition) is 1. The van der Waals surface area contributed by atoms with Crippen LogP contribution in [-0.4, -0.2) is 31.2 Å². The van der Waals surface area contributed by atoms with E-state index in [2.05, 4.69) is 10.3 Å². The third kappa shape index (κ3) is 5.95. The number of nitrogens with zero attached hydrogens (tertiary/aromatic N) is 1. The van der Waals surface area contributed by atoms with Crippen LogP contribution in [0.4, 0.5) is 10.1 Å². The van der Waals surface area contributed by atoms with Crippen molar-refractivity contribution in [3.8, 4) is 5.75 Å². The Morgan fingerprint density at radius 1 is 1.03 bits per heavy atom. The number of pyridine rings is 1. The molecule has 0 aliphatic rings. The maximum atomic E-state index is 13.2. The lowest BCUT2D eigenvalue weighted by Gasteiger charge is -2.13. The van der Waals surface area contributed by atoms with Crippen LogP contribution in [0.2, 0.25) is 0 Å². The fourth-order valence-electron chi connectivity index (χ4n) is 3.30. The number of carbonyl (C=O) groups excluding carboxylic acids is 1. The number of ether oxygens (including phenoxy) is 2. The molecule has 0 amide bonds. The second kappa shape index (κ2) is 10.4. The molecule has 0 spiro atoms. The summed E-state index contributed by atoms with van der Waals surface area (Å²) in [5.41, 5.74) is 4.18. The summed E-state index contributed by atoms with van der Waals surface area (Å²) in [5, 5.41) is 4.45. The average molecular weight is 442 g/mol. The van der Waals surface area contributed by atoms with Crippen LogP contribution in [0.1, 0.15) is 15.9 Å². The van der Waals surface area contributed by atoms with Crippen LogP contribution in [0.15, 0.2) is 90.6 Å². The number of carbonyl (C=O) groups is 1. The standard InChI is InChI=1S/C27H23FN2O3/c1-32-27(31)21-8-6-19(7-9-21)14-20(18-33-25-12-10-23(28)11-13-25)16-29-24-15-22-4-2-3-5-26(22)30-17-24/h2-15,17,29H,16,18H2,1H3. The topological polar surface area (TPSA) is 60.5 Å². The Kier molecular flexibility index (Phi) is 6.95. The number of para-hydroxylation sites is 1. The van der Waals surface area contributed by atoms with Crippen molar-refractivity contribution in [3.63, 3.8) is 0 Å². The number of halogens is 1. The molecule has 0 bridgehead atoms. The number of hydrogen-bond acceptors (Lipinski definition) is 5. The highest BCUT2D eigenvalue weighted by molar-refractivity contribution is 5.89. The van der Waals surface area contributed by atoms with Crippen molar-refractivity contribution in [3.05, 3.63) is 108 Å². The number of methoxy groups -OCH3 is 1. The molecule has 6 heteroatoms. The number of rotatable bonds is 8. The molecule has 0 fully saturated rings. The molecule has 33 heavy (non-hydrogen) atoms. The highest BCUT2D eigenvalue weighted by Crippen LogP contribution is 2.18. The van der Waals surface area contributed by atoms with Gasteiger partial charge in [-0.3, -0.25) is 4.98 Å². The minimum absolute atomic E-state index is 0.304. The molecular formula is C27H23FN2O3. The zero-order valence-electron chi connectivity index (χ0n) is 18.1. The van der Waals surface area contributed by atoms with Crippen LogP contribution in [0.3, 0.4) is 0 Å². The first-order chi connectivity index (χ1) is 16.1. The van der Waals surface area contributed by atoms with Gasteiger partial charge in [-0.15, -0.1) is 0 Å². The van der Waals surface area contributed by atoms with Crippen molar-refractivity contribution in [2.24, 2.45) is 0 Å². The maximum absolute atomic E-state index is 13.2. The number of fused-ring (bicyclic) bond motifs is 1. The summed E-state index contributed by atoms with van der Waals surface area (Å²) in [4.78, 5) is 16.2. The van der Waals surface area contributed by atoms with Gasteiger partial charge in [0.1, 0.15) is 18.2 Å². The van der Waals surface area contributed by atoms with Crippen LogP contribution >= 0.6 is 0 Å². The highest BCUT2D eigenvalue weighted by atomic mass is 19.1. The quantitative estimate of drug-likeness (QED) is 0.353. The highest BCUT2D eigenvalue weighted by Gasteiger charge is 2.06. The molecule has 4 aromatic rings. The fraction of sp³-hybridized carbons (Fsp3) is 0.111. The van der Waals surface area contributed by atoms with Crippen LogP contribution in [0.5, 0.6) is 5.75 Å². The molecule has 0 radical (unpaired) electrons. The summed E-state index contributed by atoms with van der Waals surface area (Å²) in [6.45, 7) is 0.818. The van der Waals surface area contributed by atoms with Gasteiger partial charge >= 0.3 is 5.97 Å². The van der Waals surface area contributed by atoms with E-state index in [1.807, 2.05) is 48.5 Å². The second-order valence-electron chi connectivity index (χ2n) is 7.43. The van der Waals surface area contributed by atoms with E-state index in [-0.39, 0.29) is 11.8 Å². The van der Waals surface area contributed by atoms with E-state index < -0.39 is 0 Å². The van der Waals surface area contributed by atoms with Gasteiger partial charge in [0.2, 0.25) is 0 Å². The predicted octanol–water partition coefficient (Wildman–Crippen LogP) is 5.74. The van der Waals surface area contributed by atoms with Gasteiger partial charge in [0.25, 0.3) is 0 Å². The lowest BCUT2D eigenvalue weighted by molar-refractivity contribution is 0.0600. The minimum Gasteiger partial charge on any atom is -0.489 e. The number of anilines is 1. The van der Waals surface area contributed by atoms with Crippen LogP contribution < -0.4 is 10.1 Å². The van der Waals surface area contributed by atoms with Crippen molar-refractivity contribution in [1.29, 1.82) is 0 Å². The smallest absolute Gasteiger partial charge is 0.337 e. The number of nitrogens with one attached hydrogen (secondary N) is 1. The van der Waals surface area contributed by atoms with Gasteiger partial charge in [-0.1, -0.05) is 36.4 Å². The molecule has 0 saturated heterocycles. The third-order valence-corrected chi connectivity index (χ3v) is 5.05. The first kappa shape index (κ1) is 22.0. The van der Waals surface area contributed by atoms with Crippen molar-refractivity contribution in [2.45, 2.75) is 0 Å². The minimum atomic E-state index is -0.379. The van der Waals surface area contributed by atoms with Crippen molar-refractivity contribution >= 4 is 28.6 Å². The maximum Gasteiger partial charge on any atom is 0.337 e. The number of esters is 1. The van der Waals surface area contributed by atoms with Gasteiger partial charge in [0.15, 0.2) is 0 Å². The van der Waals surface area contributed by atoms with Crippen LogP contribution in [0.25, 0.3) is 17.0 Å². The van der Waals surface area contributed by atoms with Gasteiger partial charge in [0, 0.05) is 11.9 Å². The summed E-state index contributed by atoms with van der Waals surface area (Å²) >= 11 is 0. The van der Waals surface area contributed by atoms with Crippen LogP contribution in [0, 0.1) is 5.82 Å². The van der Waals surface area contributed by atoms with Crippen molar-refractivity contribution in [1.82, 2.24) is 4.98 Å². The van der Waals surface area contributed by atoms with E-state index >= 15 is 0 Å². The molecule has 1 N–H and O–H groups in total. The monoisotopic (exact) mass is 442 g/mol. The SMILES string of the molecule is COC(=O)c1ccc(C=C(CNc2cnc3ccccc3c2)COc2ccc(F)cc2)cc1. The summed E-state index contributed by atoms with van der Waals surface area (Å²) in [6, 6.07) is 23.0. The summed E-state index contributed by atoms with van der Waals surface area (Å²) < 4.78 is 23.8. The Labute approximate surface area is 191 Å². The Morgan fingerprint density at radius 3 is 2.55 bits per heavy atom. The van der Waals surface area contributed by atoms with Gasteiger partial charge in [0.05, 0.1) is 30.1 Å². The van der Waals surface area contributed by atoms with E-state index in [0.717, 1.165) is 27.7 Å². The fourth-order valence-corrected chi connectivity index (χ4v) is 3.30. The first-order valence-electron chi connectivity index (χ1n) is 10.5. The van der Waals surface area contributed by atoms with E-state index in [0.29, 0.717) is 24.5 Å². The molecular weight excluding hydrogens is 419 g/mol. The molecule has 3 aromatic carbocycles. The second-order valence-corrected chi connectivity index (χ2v) is 7.43. The van der Waals surface area contributed by atoms with Crippen LogP contribution in [-0.2, 0) is 4.74 Å².